The van der Waals surface area contributed by atoms with Crippen molar-refractivity contribution in [1.82, 2.24) is 0 Å². The van der Waals surface area contributed by atoms with E-state index in [1.165, 1.54) is 50.1 Å². The Morgan fingerprint density at radius 3 is 1.11 bits per heavy atom. The Morgan fingerprint density at radius 2 is 0.784 bits per heavy atom. The quantitative estimate of drug-likeness (QED) is 0.341. The van der Waals surface area contributed by atoms with Crippen LogP contribution in [0.3, 0.4) is 0 Å². The first-order valence-electron chi connectivity index (χ1n) is 13.1. The second-order valence-corrected chi connectivity index (χ2v) is 10.8. The zero-order chi connectivity index (χ0) is 27.6. The fourth-order valence-corrected chi connectivity index (χ4v) is 5.58. The van der Waals surface area contributed by atoms with E-state index in [4.69, 9.17) is 9.98 Å². The zero-order valence-electron chi connectivity index (χ0n) is 24.9. The molecular formula is C34H43N3. The van der Waals surface area contributed by atoms with Gasteiger partial charge in [0.1, 0.15) is 0 Å². The van der Waals surface area contributed by atoms with Crippen LogP contribution in [0, 0.1) is 62.3 Å². The minimum absolute atomic E-state index is 0.950. The van der Waals surface area contributed by atoms with Gasteiger partial charge in [-0.25, -0.2) is 0 Å². The maximum absolute atomic E-state index is 5.18. The lowest BCUT2D eigenvalue weighted by Gasteiger charge is -2.19. The van der Waals surface area contributed by atoms with Crippen molar-refractivity contribution in [3.63, 3.8) is 0 Å². The highest BCUT2D eigenvalue weighted by Crippen LogP contribution is 2.30. The molecule has 3 rings (SSSR count). The topological polar surface area (TPSA) is 36.8 Å². The molecule has 0 aromatic heterocycles. The summed E-state index contributed by atoms with van der Waals surface area (Å²) >= 11 is 0. The molecule has 37 heavy (non-hydrogen) atoms. The van der Waals surface area contributed by atoms with Crippen molar-refractivity contribution in [2.45, 2.75) is 83.1 Å². The van der Waals surface area contributed by atoms with Crippen molar-refractivity contribution in [2.24, 2.45) is 9.98 Å². The normalized spacial score (nSPS) is 12.1. The van der Waals surface area contributed by atoms with Crippen molar-refractivity contribution in [1.29, 1.82) is 0 Å². The number of aliphatic imine (C=N–C) groups is 2. The van der Waals surface area contributed by atoms with Crippen molar-refractivity contribution >= 4 is 28.5 Å². The molecule has 0 unspecified atom stereocenters. The summed E-state index contributed by atoms with van der Waals surface area (Å²) in [7, 11) is 0. The summed E-state index contributed by atoms with van der Waals surface area (Å²) < 4.78 is 0. The van der Waals surface area contributed by atoms with E-state index < -0.39 is 0 Å². The number of nitrogens with zero attached hydrogens (tertiary/aromatic N) is 2. The van der Waals surface area contributed by atoms with E-state index in [9.17, 15) is 0 Å². The summed E-state index contributed by atoms with van der Waals surface area (Å²) in [6.45, 7) is 25.6. The summed E-state index contributed by atoms with van der Waals surface area (Å²) in [6.07, 6.45) is 0. The molecule has 1 N–H and O–H groups in total. The second-order valence-electron chi connectivity index (χ2n) is 10.8. The first kappa shape index (κ1) is 28.1. The lowest BCUT2D eigenvalue weighted by atomic mass is 10.0. The van der Waals surface area contributed by atoms with Gasteiger partial charge in [-0.3, -0.25) is 9.98 Å². The molecule has 0 aliphatic carbocycles. The number of aryl methyl sites for hydroxylation is 9. The van der Waals surface area contributed by atoms with Gasteiger partial charge in [-0.2, -0.15) is 0 Å². The zero-order valence-corrected chi connectivity index (χ0v) is 24.9. The molecule has 0 spiro atoms. The van der Waals surface area contributed by atoms with Crippen molar-refractivity contribution < 1.29 is 0 Å². The highest BCUT2D eigenvalue weighted by atomic mass is 14.9. The summed E-state index contributed by atoms with van der Waals surface area (Å²) in [6, 6.07) is 13.3. The number of benzene rings is 3. The lowest BCUT2D eigenvalue weighted by molar-refractivity contribution is 1.25. The van der Waals surface area contributed by atoms with E-state index in [1.807, 2.05) is 0 Å². The third-order valence-corrected chi connectivity index (χ3v) is 6.92. The SMILES string of the molecule is CC(=Nc1c(C)cc(C)cc1C)C(C(C)=Nc1c(C)cc(C)cc1C)=C(C)Nc1c(C)cc(C)cc1C. The first-order chi connectivity index (χ1) is 17.3. The van der Waals surface area contributed by atoms with Crippen LogP contribution >= 0.6 is 0 Å². The minimum atomic E-state index is 0.950. The molecule has 3 aromatic rings. The molecule has 0 saturated carbocycles. The van der Waals surface area contributed by atoms with Crippen LogP contribution in [-0.2, 0) is 0 Å². The van der Waals surface area contributed by atoms with Gasteiger partial charge in [-0.15, -0.1) is 0 Å². The van der Waals surface area contributed by atoms with Crippen LogP contribution in [0.4, 0.5) is 17.1 Å². The van der Waals surface area contributed by atoms with E-state index in [0.29, 0.717) is 0 Å². The number of anilines is 1. The molecule has 0 fully saturated rings. The Labute approximate surface area is 224 Å². The van der Waals surface area contributed by atoms with E-state index in [-0.39, 0.29) is 0 Å². The monoisotopic (exact) mass is 493 g/mol. The van der Waals surface area contributed by atoms with Gasteiger partial charge in [-0.1, -0.05) is 53.1 Å². The van der Waals surface area contributed by atoms with E-state index in [1.54, 1.807) is 0 Å². The largest absolute Gasteiger partial charge is 0.358 e. The first-order valence-corrected chi connectivity index (χ1v) is 13.1. The van der Waals surface area contributed by atoms with Gasteiger partial charge >= 0.3 is 0 Å². The number of nitrogens with one attached hydrogen (secondary N) is 1. The van der Waals surface area contributed by atoms with Crippen LogP contribution < -0.4 is 5.32 Å². The van der Waals surface area contributed by atoms with Crippen LogP contribution in [0.5, 0.6) is 0 Å². The number of rotatable bonds is 6. The summed E-state index contributed by atoms with van der Waals surface area (Å²) in [5.41, 5.74) is 18.2. The molecule has 0 aliphatic heterocycles. The molecule has 0 bridgehead atoms. The Hall–Kier alpha value is -3.46. The Bertz CT molecular complexity index is 1300. The van der Waals surface area contributed by atoms with Crippen molar-refractivity contribution in [3.8, 4) is 0 Å². The molecule has 3 nitrogen and oxygen atoms in total. The van der Waals surface area contributed by atoms with Crippen LogP contribution in [0.15, 0.2) is 57.7 Å². The molecule has 0 saturated heterocycles. The molecule has 194 valence electrons. The fourth-order valence-electron chi connectivity index (χ4n) is 5.58. The standard InChI is InChI=1S/C34H43N3/c1-19-13-22(4)32(23(5)14-19)35-28(10)31(29(11)36-33-24(6)15-20(2)16-25(33)7)30(12)37-34-26(8)17-21(3)18-27(34)9/h13-18,35H,1-12H3. The lowest BCUT2D eigenvalue weighted by Crippen LogP contribution is -2.15. The van der Waals surface area contributed by atoms with E-state index in [0.717, 1.165) is 39.8 Å². The van der Waals surface area contributed by atoms with Gasteiger partial charge in [0.15, 0.2) is 0 Å². The molecule has 0 radical (unpaired) electrons. The Morgan fingerprint density at radius 1 is 0.486 bits per heavy atom. The predicted molar refractivity (Wildman–Crippen MR) is 164 cm³/mol. The number of allylic oxidation sites excluding steroid dienone is 2. The van der Waals surface area contributed by atoms with Crippen LogP contribution in [0.1, 0.15) is 70.8 Å². The number of hydrogen-bond donors (Lipinski definition) is 1. The van der Waals surface area contributed by atoms with Gasteiger partial charge in [0.2, 0.25) is 0 Å². The molecular weight excluding hydrogens is 450 g/mol. The van der Waals surface area contributed by atoms with Crippen LogP contribution in [0.2, 0.25) is 0 Å². The maximum atomic E-state index is 5.18. The molecule has 0 heterocycles. The third-order valence-electron chi connectivity index (χ3n) is 6.92. The van der Waals surface area contributed by atoms with Gasteiger partial charge in [0.25, 0.3) is 0 Å². The molecule has 3 heteroatoms. The molecule has 0 atom stereocenters. The smallest absolute Gasteiger partial charge is 0.0691 e. The Balaban J connectivity index is 2.24. The van der Waals surface area contributed by atoms with Gasteiger partial charge < -0.3 is 5.32 Å². The summed E-state index contributed by atoms with van der Waals surface area (Å²) in [4.78, 5) is 10.4. The van der Waals surface area contributed by atoms with Gasteiger partial charge in [-0.05, 0) is 116 Å². The fraction of sp³-hybridized carbons (Fsp3) is 0.353. The number of hydrogen-bond acceptors (Lipinski definition) is 3. The average Bonchev–Trinajstić information content (AvgIpc) is 2.76. The molecule has 3 aromatic carbocycles. The van der Waals surface area contributed by atoms with E-state index >= 15 is 0 Å². The highest BCUT2D eigenvalue weighted by molar-refractivity contribution is 6.24. The Kier molecular flexibility index (Phi) is 8.58. The van der Waals surface area contributed by atoms with Gasteiger partial charge in [0, 0.05) is 28.4 Å². The predicted octanol–water partition coefficient (Wildman–Crippen LogP) is 9.73. The van der Waals surface area contributed by atoms with Gasteiger partial charge in [0.05, 0.1) is 11.4 Å². The second kappa shape index (κ2) is 11.3. The summed E-state index contributed by atoms with van der Waals surface area (Å²) in [5, 5.41) is 3.73. The molecule has 0 aliphatic rings. The maximum Gasteiger partial charge on any atom is 0.0691 e. The van der Waals surface area contributed by atoms with Crippen LogP contribution in [0.25, 0.3) is 0 Å². The van der Waals surface area contributed by atoms with Crippen molar-refractivity contribution in [2.75, 3.05) is 5.32 Å². The highest BCUT2D eigenvalue weighted by Gasteiger charge is 2.16. The van der Waals surface area contributed by atoms with Crippen molar-refractivity contribution in [3.05, 3.63) is 97.7 Å². The van der Waals surface area contributed by atoms with E-state index in [2.05, 4.69) is 125 Å². The van der Waals surface area contributed by atoms with Crippen LogP contribution in [-0.4, -0.2) is 11.4 Å². The third kappa shape index (κ3) is 6.46. The summed E-state index contributed by atoms with van der Waals surface area (Å²) in [5.74, 6) is 0. The minimum Gasteiger partial charge on any atom is -0.358 e. The molecule has 0 amide bonds. The average molecular weight is 494 g/mol.